The number of aromatic nitrogens is 1. The third-order valence-corrected chi connectivity index (χ3v) is 5.85. The van der Waals surface area contributed by atoms with E-state index >= 15 is 0 Å². The third-order valence-electron chi connectivity index (χ3n) is 3.46. The van der Waals surface area contributed by atoms with E-state index in [9.17, 15) is 8.42 Å². The minimum atomic E-state index is -3.44. The lowest BCUT2D eigenvalue weighted by Gasteiger charge is -2.12. The van der Waals surface area contributed by atoms with E-state index in [0.29, 0.717) is 12.5 Å². The number of nitrogens with zero attached hydrogens (tertiary/aromatic N) is 2. The van der Waals surface area contributed by atoms with E-state index in [-0.39, 0.29) is 4.90 Å². The Kier molecular flexibility index (Phi) is 6.91. The number of nitrogens with one attached hydrogen (secondary N) is 3. The zero-order chi connectivity index (χ0) is 18.3. The first-order valence-electron chi connectivity index (χ1n) is 7.83. The number of sulfonamides is 1. The number of aliphatic imine (C=N–C) groups is 1. The summed E-state index contributed by atoms with van der Waals surface area (Å²) in [7, 11) is -0.339. The maximum absolute atomic E-state index is 11.9. The van der Waals surface area contributed by atoms with Crippen molar-refractivity contribution >= 4 is 27.3 Å². The monoisotopic (exact) mass is 381 g/mol. The molecule has 7 nitrogen and oxygen atoms in total. The van der Waals surface area contributed by atoms with Crippen LogP contribution in [0.2, 0.25) is 0 Å². The van der Waals surface area contributed by atoms with Gasteiger partial charge in [-0.2, -0.15) is 0 Å². The van der Waals surface area contributed by atoms with Gasteiger partial charge in [0.1, 0.15) is 0 Å². The van der Waals surface area contributed by atoms with Gasteiger partial charge in [0.15, 0.2) is 5.96 Å². The highest BCUT2D eigenvalue weighted by Gasteiger charge is 2.11. The lowest BCUT2D eigenvalue weighted by Crippen LogP contribution is -2.37. The SMILES string of the molecule is CN=C(NCCc1ncc(C)s1)NCc1cccc(S(=O)(=O)NC)c1. The lowest BCUT2D eigenvalue weighted by atomic mass is 10.2. The number of rotatable bonds is 7. The first-order chi connectivity index (χ1) is 11.9. The Morgan fingerprint density at radius 2 is 2.12 bits per heavy atom. The predicted octanol–water partition coefficient (Wildman–Crippen LogP) is 1.27. The zero-order valence-electron chi connectivity index (χ0n) is 14.5. The molecule has 0 bridgehead atoms. The summed E-state index contributed by atoms with van der Waals surface area (Å²) in [5, 5.41) is 7.50. The van der Waals surface area contributed by atoms with Crippen LogP contribution >= 0.6 is 11.3 Å². The van der Waals surface area contributed by atoms with Gasteiger partial charge in [-0.05, 0) is 31.7 Å². The Hall–Kier alpha value is -1.97. The second kappa shape index (κ2) is 8.93. The number of hydrogen-bond acceptors (Lipinski definition) is 5. The molecule has 0 aliphatic carbocycles. The second-order valence-corrected chi connectivity index (χ2v) is 8.53. The summed E-state index contributed by atoms with van der Waals surface area (Å²) < 4.78 is 26.0. The van der Waals surface area contributed by atoms with Crippen LogP contribution in [0, 0.1) is 6.92 Å². The molecule has 3 N–H and O–H groups in total. The summed E-state index contributed by atoms with van der Waals surface area (Å²) >= 11 is 1.69. The average Bonchev–Trinajstić information content (AvgIpc) is 3.03. The van der Waals surface area contributed by atoms with Gasteiger partial charge in [-0.1, -0.05) is 12.1 Å². The summed E-state index contributed by atoms with van der Waals surface area (Å²) in [6.07, 6.45) is 2.70. The van der Waals surface area contributed by atoms with Gasteiger partial charge in [-0.15, -0.1) is 11.3 Å². The molecule has 2 rings (SSSR count). The maximum Gasteiger partial charge on any atom is 0.240 e. The smallest absolute Gasteiger partial charge is 0.240 e. The van der Waals surface area contributed by atoms with Crippen LogP contribution in [0.25, 0.3) is 0 Å². The quantitative estimate of drug-likeness (QED) is 0.496. The normalized spacial score (nSPS) is 12.2. The Labute approximate surface area is 152 Å². The Balaban J connectivity index is 1.87. The Morgan fingerprint density at radius 3 is 2.76 bits per heavy atom. The van der Waals surface area contributed by atoms with Crippen LogP contribution in [0.1, 0.15) is 15.4 Å². The first kappa shape index (κ1) is 19.4. The maximum atomic E-state index is 11.9. The van der Waals surface area contributed by atoms with E-state index in [4.69, 9.17) is 0 Å². The molecule has 0 radical (unpaired) electrons. The van der Waals surface area contributed by atoms with Crippen molar-refractivity contribution in [2.24, 2.45) is 4.99 Å². The molecule has 0 saturated carbocycles. The molecule has 0 fully saturated rings. The average molecular weight is 382 g/mol. The number of thiazole rings is 1. The predicted molar refractivity (Wildman–Crippen MR) is 101 cm³/mol. The second-order valence-electron chi connectivity index (χ2n) is 5.32. The number of benzene rings is 1. The van der Waals surface area contributed by atoms with Crippen molar-refractivity contribution in [1.82, 2.24) is 20.3 Å². The van der Waals surface area contributed by atoms with Crippen LogP contribution in [-0.4, -0.2) is 40.0 Å². The standard InChI is InChI=1S/C16H23N5O2S2/c1-12-10-20-15(24-12)7-8-19-16(17-2)21-11-13-5-4-6-14(9-13)25(22,23)18-3/h4-6,9-10,18H,7-8,11H2,1-3H3,(H2,17,19,21). The summed E-state index contributed by atoms with van der Waals surface area (Å²) in [4.78, 5) is 9.95. The van der Waals surface area contributed by atoms with Crippen molar-refractivity contribution in [3.8, 4) is 0 Å². The molecule has 1 aromatic heterocycles. The fourth-order valence-electron chi connectivity index (χ4n) is 2.15. The molecule has 1 aromatic carbocycles. The van der Waals surface area contributed by atoms with E-state index in [1.165, 1.54) is 11.9 Å². The third kappa shape index (κ3) is 5.80. The van der Waals surface area contributed by atoms with Crippen molar-refractivity contribution in [3.63, 3.8) is 0 Å². The molecule has 0 aliphatic rings. The van der Waals surface area contributed by atoms with E-state index in [2.05, 4.69) is 25.3 Å². The van der Waals surface area contributed by atoms with Gasteiger partial charge in [0.2, 0.25) is 10.0 Å². The molecule has 2 aromatic rings. The van der Waals surface area contributed by atoms with Crippen LogP contribution in [0.15, 0.2) is 40.4 Å². The molecule has 136 valence electrons. The van der Waals surface area contributed by atoms with Gasteiger partial charge in [-0.3, -0.25) is 4.99 Å². The molecule has 0 saturated heterocycles. The van der Waals surface area contributed by atoms with Crippen LogP contribution < -0.4 is 15.4 Å². The van der Waals surface area contributed by atoms with E-state index in [1.807, 2.05) is 19.2 Å². The van der Waals surface area contributed by atoms with Crippen LogP contribution in [0.5, 0.6) is 0 Å². The largest absolute Gasteiger partial charge is 0.356 e. The van der Waals surface area contributed by atoms with Crippen LogP contribution in [-0.2, 0) is 23.0 Å². The molecule has 0 unspecified atom stereocenters. The number of hydrogen-bond donors (Lipinski definition) is 3. The van der Waals surface area contributed by atoms with Gasteiger partial charge in [-0.25, -0.2) is 18.1 Å². The van der Waals surface area contributed by atoms with Crippen molar-refractivity contribution in [2.75, 3.05) is 20.6 Å². The molecular formula is C16H23N5O2S2. The number of guanidine groups is 1. The molecule has 0 atom stereocenters. The fraction of sp³-hybridized carbons (Fsp3) is 0.375. The van der Waals surface area contributed by atoms with Gasteiger partial charge < -0.3 is 10.6 Å². The van der Waals surface area contributed by atoms with Gasteiger partial charge in [0.05, 0.1) is 9.90 Å². The fourth-order valence-corrected chi connectivity index (χ4v) is 3.74. The highest BCUT2D eigenvalue weighted by Crippen LogP contribution is 2.12. The first-order valence-corrected chi connectivity index (χ1v) is 10.1. The van der Waals surface area contributed by atoms with Gasteiger partial charge in [0, 0.05) is 37.6 Å². The Morgan fingerprint density at radius 1 is 1.32 bits per heavy atom. The van der Waals surface area contributed by atoms with E-state index < -0.39 is 10.0 Å². The molecular weight excluding hydrogens is 358 g/mol. The Bertz CT molecular complexity index is 831. The van der Waals surface area contributed by atoms with Gasteiger partial charge >= 0.3 is 0 Å². The summed E-state index contributed by atoms with van der Waals surface area (Å²) in [6, 6.07) is 6.80. The summed E-state index contributed by atoms with van der Waals surface area (Å²) in [6.45, 7) is 3.24. The minimum absolute atomic E-state index is 0.247. The molecule has 9 heteroatoms. The number of aryl methyl sites for hydroxylation is 1. The van der Waals surface area contributed by atoms with Crippen molar-refractivity contribution in [3.05, 3.63) is 45.9 Å². The highest BCUT2D eigenvalue weighted by molar-refractivity contribution is 7.89. The molecule has 25 heavy (non-hydrogen) atoms. The summed E-state index contributed by atoms with van der Waals surface area (Å²) in [5.41, 5.74) is 0.856. The molecule has 0 amide bonds. The van der Waals surface area contributed by atoms with E-state index in [0.717, 1.165) is 23.5 Å². The molecule has 0 aliphatic heterocycles. The highest BCUT2D eigenvalue weighted by atomic mass is 32.2. The van der Waals surface area contributed by atoms with Crippen molar-refractivity contribution in [2.45, 2.75) is 24.8 Å². The van der Waals surface area contributed by atoms with Crippen molar-refractivity contribution in [1.29, 1.82) is 0 Å². The lowest BCUT2D eigenvalue weighted by molar-refractivity contribution is 0.588. The van der Waals surface area contributed by atoms with E-state index in [1.54, 1.807) is 36.6 Å². The molecule has 0 spiro atoms. The molecule has 1 heterocycles. The zero-order valence-corrected chi connectivity index (χ0v) is 16.2. The van der Waals surface area contributed by atoms with Crippen molar-refractivity contribution < 1.29 is 8.42 Å². The van der Waals surface area contributed by atoms with Crippen LogP contribution in [0.4, 0.5) is 0 Å². The topological polar surface area (TPSA) is 95.5 Å². The van der Waals surface area contributed by atoms with Gasteiger partial charge in [0.25, 0.3) is 0 Å². The van der Waals surface area contributed by atoms with Crippen LogP contribution in [0.3, 0.4) is 0 Å². The minimum Gasteiger partial charge on any atom is -0.356 e. The summed E-state index contributed by atoms with van der Waals surface area (Å²) in [5.74, 6) is 0.662.